The normalized spacial score (nSPS) is 14.3. The lowest BCUT2D eigenvalue weighted by molar-refractivity contribution is -0.120. The largest absolute Gasteiger partial charge is 0.359 e. The number of amides is 2. The fraction of sp³-hybridized carbons (Fsp3) is 0.176. The Morgan fingerprint density at radius 3 is 2.61 bits per heavy atom. The van der Waals surface area contributed by atoms with Gasteiger partial charge in [-0.25, -0.2) is 0 Å². The van der Waals surface area contributed by atoms with Crippen LogP contribution in [0.4, 0.5) is 11.4 Å². The molecule has 0 unspecified atom stereocenters. The van der Waals surface area contributed by atoms with Crippen molar-refractivity contribution in [2.24, 2.45) is 0 Å². The molecular weight excluding hydrogens is 314 g/mol. The Balaban J connectivity index is 1.81. The van der Waals surface area contributed by atoms with Crippen molar-refractivity contribution in [3.63, 3.8) is 0 Å². The van der Waals surface area contributed by atoms with Gasteiger partial charge >= 0.3 is 0 Å². The van der Waals surface area contributed by atoms with Crippen molar-refractivity contribution in [1.82, 2.24) is 5.32 Å². The summed E-state index contributed by atoms with van der Waals surface area (Å²) < 4.78 is 0. The van der Waals surface area contributed by atoms with Crippen molar-refractivity contribution in [2.75, 3.05) is 29.9 Å². The molecule has 0 radical (unpaired) electrons. The predicted molar refractivity (Wildman–Crippen MR) is 91.1 cm³/mol. The number of halogens is 1. The van der Waals surface area contributed by atoms with Crippen LogP contribution in [-0.2, 0) is 4.79 Å². The summed E-state index contributed by atoms with van der Waals surface area (Å²) in [6.45, 7) is 1.59. The third-order valence-corrected chi connectivity index (χ3v) is 3.89. The fourth-order valence-electron chi connectivity index (χ4n) is 2.50. The van der Waals surface area contributed by atoms with Crippen LogP contribution < -0.4 is 15.5 Å². The smallest absolute Gasteiger partial charge is 0.255 e. The van der Waals surface area contributed by atoms with E-state index in [1.807, 2.05) is 29.2 Å². The molecule has 23 heavy (non-hydrogen) atoms. The third kappa shape index (κ3) is 3.63. The second-order valence-electron chi connectivity index (χ2n) is 5.25. The van der Waals surface area contributed by atoms with Crippen molar-refractivity contribution in [3.05, 3.63) is 59.1 Å². The van der Waals surface area contributed by atoms with E-state index in [-0.39, 0.29) is 18.4 Å². The summed E-state index contributed by atoms with van der Waals surface area (Å²) in [7, 11) is 0. The fourth-order valence-corrected chi connectivity index (χ4v) is 2.62. The minimum absolute atomic E-state index is 0.0184. The summed E-state index contributed by atoms with van der Waals surface area (Å²) in [6.07, 6.45) is 0. The van der Waals surface area contributed by atoms with Gasteiger partial charge in [-0.15, -0.1) is 0 Å². The van der Waals surface area contributed by atoms with Gasteiger partial charge in [0.2, 0.25) is 5.91 Å². The van der Waals surface area contributed by atoms with Crippen LogP contribution in [0.3, 0.4) is 0 Å². The molecular formula is C17H16ClN3O2. The van der Waals surface area contributed by atoms with Crippen LogP contribution in [0.25, 0.3) is 0 Å². The Hall–Kier alpha value is -2.53. The number of para-hydroxylation sites is 2. The number of anilines is 2. The van der Waals surface area contributed by atoms with E-state index in [0.29, 0.717) is 29.4 Å². The maximum atomic E-state index is 12.4. The van der Waals surface area contributed by atoms with E-state index in [0.717, 1.165) is 5.69 Å². The first-order valence-corrected chi connectivity index (χ1v) is 7.69. The van der Waals surface area contributed by atoms with Gasteiger partial charge in [0, 0.05) is 23.7 Å². The molecule has 1 aliphatic heterocycles. The number of nitrogens with zero attached hydrogens (tertiary/aromatic N) is 1. The molecule has 0 bridgehead atoms. The van der Waals surface area contributed by atoms with Crippen molar-refractivity contribution in [2.45, 2.75) is 0 Å². The average molecular weight is 330 g/mol. The quantitative estimate of drug-likeness (QED) is 0.909. The Bertz CT molecular complexity index is 731. The minimum atomic E-state index is -0.212. The topological polar surface area (TPSA) is 61.4 Å². The summed E-state index contributed by atoms with van der Waals surface area (Å²) in [5.74, 6) is -0.231. The van der Waals surface area contributed by atoms with E-state index in [4.69, 9.17) is 11.6 Å². The van der Waals surface area contributed by atoms with E-state index in [2.05, 4.69) is 10.6 Å². The van der Waals surface area contributed by atoms with Crippen LogP contribution in [-0.4, -0.2) is 31.4 Å². The lowest BCUT2D eigenvalue weighted by atomic mass is 10.2. The van der Waals surface area contributed by atoms with E-state index >= 15 is 0 Å². The zero-order valence-corrected chi connectivity index (χ0v) is 13.1. The lowest BCUT2D eigenvalue weighted by Gasteiger charge is -2.30. The van der Waals surface area contributed by atoms with Gasteiger partial charge in [-0.05, 0) is 36.4 Å². The zero-order valence-electron chi connectivity index (χ0n) is 12.4. The maximum Gasteiger partial charge on any atom is 0.255 e. The van der Waals surface area contributed by atoms with Crippen molar-refractivity contribution in [3.8, 4) is 0 Å². The number of hydrogen-bond acceptors (Lipinski definition) is 3. The molecule has 2 amide bonds. The van der Waals surface area contributed by atoms with Crippen LogP contribution in [0.2, 0.25) is 5.02 Å². The molecule has 1 fully saturated rings. The number of carbonyl (C=O) groups is 2. The molecule has 0 atom stereocenters. The number of hydrogen-bond donors (Lipinski definition) is 2. The van der Waals surface area contributed by atoms with E-state index in [1.54, 1.807) is 24.3 Å². The molecule has 0 aliphatic carbocycles. The summed E-state index contributed by atoms with van der Waals surface area (Å²) in [5, 5.41) is 6.28. The Morgan fingerprint density at radius 1 is 1.13 bits per heavy atom. The molecule has 118 valence electrons. The minimum Gasteiger partial charge on any atom is -0.359 e. The molecule has 0 saturated carbocycles. The van der Waals surface area contributed by atoms with Crippen LogP contribution in [0.1, 0.15) is 10.4 Å². The van der Waals surface area contributed by atoms with Crippen molar-refractivity contribution >= 4 is 34.8 Å². The standard InChI is InChI=1S/C17H16ClN3O2/c18-13-7-5-12(6-8-13)17(23)20-14-3-1-2-4-15(14)21-10-9-19-16(22)11-21/h1-8H,9-11H2,(H,19,22)(H,20,23). The van der Waals surface area contributed by atoms with Gasteiger partial charge in [-0.2, -0.15) is 0 Å². The molecule has 2 aromatic rings. The highest BCUT2D eigenvalue weighted by Crippen LogP contribution is 2.26. The van der Waals surface area contributed by atoms with Crippen molar-refractivity contribution in [1.29, 1.82) is 0 Å². The summed E-state index contributed by atoms with van der Waals surface area (Å²) in [4.78, 5) is 25.9. The predicted octanol–water partition coefficient (Wildman–Crippen LogP) is 2.53. The molecule has 2 N–H and O–H groups in total. The van der Waals surface area contributed by atoms with Gasteiger partial charge < -0.3 is 15.5 Å². The molecule has 5 nitrogen and oxygen atoms in total. The Kier molecular flexibility index (Phi) is 4.48. The Morgan fingerprint density at radius 2 is 1.87 bits per heavy atom. The Labute approximate surface area is 139 Å². The second-order valence-corrected chi connectivity index (χ2v) is 5.69. The summed E-state index contributed by atoms with van der Waals surface area (Å²) in [6, 6.07) is 14.2. The lowest BCUT2D eigenvalue weighted by Crippen LogP contribution is -2.47. The van der Waals surface area contributed by atoms with Crippen LogP contribution in [0.5, 0.6) is 0 Å². The SMILES string of the molecule is O=C1CN(c2ccccc2NC(=O)c2ccc(Cl)cc2)CCN1. The van der Waals surface area contributed by atoms with Crippen molar-refractivity contribution < 1.29 is 9.59 Å². The molecule has 3 rings (SSSR count). The first kappa shape index (κ1) is 15.4. The monoisotopic (exact) mass is 329 g/mol. The number of piperazine rings is 1. The zero-order chi connectivity index (χ0) is 16.2. The number of nitrogens with one attached hydrogen (secondary N) is 2. The summed E-state index contributed by atoms with van der Waals surface area (Å²) in [5.41, 5.74) is 2.05. The highest BCUT2D eigenvalue weighted by atomic mass is 35.5. The first-order valence-electron chi connectivity index (χ1n) is 7.31. The third-order valence-electron chi connectivity index (χ3n) is 3.64. The molecule has 6 heteroatoms. The van der Waals surface area contributed by atoms with Gasteiger partial charge in [0.15, 0.2) is 0 Å². The highest BCUT2D eigenvalue weighted by molar-refractivity contribution is 6.30. The molecule has 0 aromatic heterocycles. The van der Waals surface area contributed by atoms with Gasteiger partial charge in [-0.1, -0.05) is 23.7 Å². The highest BCUT2D eigenvalue weighted by Gasteiger charge is 2.19. The average Bonchev–Trinajstić information content (AvgIpc) is 2.56. The van der Waals surface area contributed by atoms with Gasteiger partial charge in [0.1, 0.15) is 0 Å². The molecule has 1 heterocycles. The van der Waals surface area contributed by atoms with Gasteiger partial charge in [-0.3, -0.25) is 9.59 Å². The molecule has 1 saturated heterocycles. The number of carbonyl (C=O) groups excluding carboxylic acids is 2. The van der Waals surface area contributed by atoms with E-state index in [9.17, 15) is 9.59 Å². The first-order chi connectivity index (χ1) is 11.1. The van der Waals surface area contributed by atoms with Crippen LogP contribution in [0.15, 0.2) is 48.5 Å². The number of rotatable bonds is 3. The van der Waals surface area contributed by atoms with Crippen LogP contribution >= 0.6 is 11.6 Å². The van der Waals surface area contributed by atoms with E-state index < -0.39 is 0 Å². The maximum absolute atomic E-state index is 12.4. The summed E-state index contributed by atoms with van der Waals surface area (Å²) >= 11 is 5.84. The van der Waals surface area contributed by atoms with Gasteiger partial charge in [0.25, 0.3) is 5.91 Å². The van der Waals surface area contributed by atoms with Crippen LogP contribution in [0, 0.1) is 0 Å². The molecule has 1 aliphatic rings. The van der Waals surface area contributed by atoms with Gasteiger partial charge in [0.05, 0.1) is 17.9 Å². The second kappa shape index (κ2) is 6.71. The molecule has 2 aromatic carbocycles. The van der Waals surface area contributed by atoms with E-state index in [1.165, 1.54) is 0 Å². The number of benzene rings is 2. The molecule has 0 spiro atoms.